The van der Waals surface area contributed by atoms with Crippen molar-refractivity contribution in [2.75, 3.05) is 11.9 Å². The van der Waals surface area contributed by atoms with Gasteiger partial charge in [0.25, 0.3) is 0 Å². The second-order valence-electron chi connectivity index (χ2n) is 8.09. The van der Waals surface area contributed by atoms with Crippen molar-refractivity contribution in [1.82, 2.24) is 0 Å². The van der Waals surface area contributed by atoms with Crippen LogP contribution >= 0.6 is 15.9 Å². The normalized spacial score (nSPS) is 20.1. The first-order valence-electron chi connectivity index (χ1n) is 11.7. The van der Waals surface area contributed by atoms with Crippen molar-refractivity contribution < 1.29 is 9.47 Å². The highest BCUT2D eigenvalue weighted by Gasteiger charge is 2.24. The monoisotopic (exact) mass is 432 g/mol. The van der Waals surface area contributed by atoms with E-state index in [2.05, 4.69) is 22.9 Å². The van der Waals surface area contributed by atoms with Crippen LogP contribution in [0.3, 0.4) is 0 Å². The Morgan fingerprint density at radius 2 is 1.15 bits per heavy atom. The number of alkyl halides is 1. The summed E-state index contributed by atoms with van der Waals surface area (Å²) in [6.45, 7) is 3.09. The van der Waals surface area contributed by atoms with Crippen LogP contribution in [0.1, 0.15) is 122 Å². The smallest absolute Gasteiger partial charge is 0.158 e. The Labute approximate surface area is 172 Å². The zero-order valence-electron chi connectivity index (χ0n) is 17.5. The molecule has 0 N–H and O–H groups in total. The summed E-state index contributed by atoms with van der Waals surface area (Å²) >= 11 is 3.48. The van der Waals surface area contributed by atoms with Gasteiger partial charge in [0.1, 0.15) is 0 Å². The van der Waals surface area contributed by atoms with Gasteiger partial charge in [-0.15, -0.1) is 0 Å². The zero-order valence-corrected chi connectivity index (χ0v) is 19.1. The van der Waals surface area contributed by atoms with Crippen LogP contribution in [0.5, 0.6) is 0 Å². The molecule has 0 bridgehead atoms. The van der Waals surface area contributed by atoms with Crippen molar-refractivity contribution in [3.63, 3.8) is 0 Å². The first-order valence-corrected chi connectivity index (χ1v) is 12.8. The van der Waals surface area contributed by atoms with Gasteiger partial charge in [-0.25, -0.2) is 0 Å². The van der Waals surface area contributed by atoms with Gasteiger partial charge in [-0.05, 0) is 25.7 Å². The van der Waals surface area contributed by atoms with E-state index in [0.29, 0.717) is 6.10 Å². The summed E-state index contributed by atoms with van der Waals surface area (Å²) in [6.07, 6.45) is 25.1. The molecule has 2 nitrogen and oxygen atoms in total. The molecule has 1 fully saturated rings. The number of unbranched alkanes of at least 4 members (excludes halogenated alkanes) is 14. The topological polar surface area (TPSA) is 18.5 Å². The Kier molecular flexibility index (Phi) is 17.6. The van der Waals surface area contributed by atoms with E-state index in [1.807, 2.05) is 0 Å². The Hall–Kier alpha value is 0.400. The van der Waals surface area contributed by atoms with Crippen LogP contribution in [-0.2, 0) is 9.47 Å². The highest BCUT2D eigenvalue weighted by Crippen LogP contribution is 2.21. The minimum Gasteiger partial charge on any atom is -0.350 e. The summed E-state index contributed by atoms with van der Waals surface area (Å²) in [5, 5.41) is 1.07. The van der Waals surface area contributed by atoms with Crippen LogP contribution in [0, 0.1) is 0 Å². The molecule has 0 amide bonds. The lowest BCUT2D eigenvalue weighted by Gasteiger charge is -2.11. The standard InChI is InChI=1S/C23H45BrO2/c1-2-3-4-5-6-7-8-9-10-11-12-13-14-15-16-19-23-25-21-22(26-23)18-17-20-24/h22-23H,2-21H2,1H3. The zero-order chi connectivity index (χ0) is 18.7. The predicted molar refractivity (Wildman–Crippen MR) is 117 cm³/mol. The summed E-state index contributed by atoms with van der Waals surface area (Å²) in [6, 6.07) is 0. The Morgan fingerprint density at radius 3 is 1.65 bits per heavy atom. The SMILES string of the molecule is CCCCCCCCCCCCCCCCCC1OCC(CCCBr)O1. The van der Waals surface area contributed by atoms with E-state index in [1.54, 1.807) is 0 Å². The number of halogens is 1. The molecule has 0 radical (unpaired) electrons. The van der Waals surface area contributed by atoms with Gasteiger partial charge in [-0.2, -0.15) is 0 Å². The summed E-state index contributed by atoms with van der Waals surface area (Å²) in [4.78, 5) is 0. The van der Waals surface area contributed by atoms with Crippen molar-refractivity contribution >= 4 is 15.9 Å². The Morgan fingerprint density at radius 1 is 0.654 bits per heavy atom. The first kappa shape index (κ1) is 24.4. The summed E-state index contributed by atoms with van der Waals surface area (Å²) in [7, 11) is 0. The van der Waals surface area contributed by atoms with Crippen LogP contribution in [0.2, 0.25) is 0 Å². The van der Waals surface area contributed by atoms with Gasteiger partial charge in [0.05, 0.1) is 12.7 Å². The fraction of sp³-hybridized carbons (Fsp3) is 1.00. The van der Waals surface area contributed by atoms with Crippen LogP contribution < -0.4 is 0 Å². The molecular weight excluding hydrogens is 388 g/mol. The Bertz CT molecular complexity index is 285. The van der Waals surface area contributed by atoms with Crippen molar-refractivity contribution in [2.24, 2.45) is 0 Å². The third kappa shape index (κ3) is 14.5. The maximum Gasteiger partial charge on any atom is 0.158 e. The third-order valence-electron chi connectivity index (χ3n) is 5.52. The fourth-order valence-corrected chi connectivity index (χ4v) is 4.12. The second kappa shape index (κ2) is 18.7. The van der Waals surface area contributed by atoms with Gasteiger partial charge in [0.2, 0.25) is 0 Å². The lowest BCUT2D eigenvalue weighted by atomic mass is 10.0. The van der Waals surface area contributed by atoms with Gasteiger partial charge in [0, 0.05) is 5.33 Å². The van der Waals surface area contributed by atoms with Crippen LogP contribution in [0.15, 0.2) is 0 Å². The third-order valence-corrected chi connectivity index (χ3v) is 6.08. The van der Waals surface area contributed by atoms with E-state index < -0.39 is 0 Å². The molecule has 0 aromatic carbocycles. The highest BCUT2D eigenvalue weighted by atomic mass is 79.9. The van der Waals surface area contributed by atoms with E-state index >= 15 is 0 Å². The predicted octanol–water partition coefficient (Wildman–Crippen LogP) is 8.16. The van der Waals surface area contributed by atoms with Gasteiger partial charge in [-0.1, -0.05) is 113 Å². The molecular formula is C23H45BrO2. The quantitative estimate of drug-likeness (QED) is 0.151. The molecule has 1 saturated heterocycles. The molecule has 1 heterocycles. The molecule has 0 aromatic rings. The van der Waals surface area contributed by atoms with Crippen LogP contribution in [0.25, 0.3) is 0 Å². The summed E-state index contributed by atoms with van der Waals surface area (Å²) in [5.74, 6) is 0. The van der Waals surface area contributed by atoms with E-state index in [1.165, 1.54) is 103 Å². The lowest BCUT2D eigenvalue weighted by Crippen LogP contribution is -2.12. The van der Waals surface area contributed by atoms with Crippen molar-refractivity contribution in [3.05, 3.63) is 0 Å². The molecule has 0 spiro atoms. The molecule has 0 saturated carbocycles. The molecule has 1 aliphatic heterocycles. The highest BCUT2D eigenvalue weighted by molar-refractivity contribution is 9.09. The average Bonchev–Trinajstić information content (AvgIpc) is 3.11. The molecule has 0 aliphatic carbocycles. The largest absolute Gasteiger partial charge is 0.350 e. The summed E-state index contributed by atoms with van der Waals surface area (Å²) in [5.41, 5.74) is 0. The molecule has 3 heteroatoms. The van der Waals surface area contributed by atoms with Crippen molar-refractivity contribution in [3.8, 4) is 0 Å². The van der Waals surface area contributed by atoms with Gasteiger partial charge in [-0.3, -0.25) is 0 Å². The average molecular weight is 434 g/mol. The lowest BCUT2D eigenvalue weighted by molar-refractivity contribution is -0.0641. The number of hydrogen-bond acceptors (Lipinski definition) is 2. The first-order chi connectivity index (χ1) is 12.9. The van der Waals surface area contributed by atoms with Gasteiger partial charge in [0.15, 0.2) is 6.29 Å². The second-order valence-corrected chi connectivity index (χ2v) is 8.88. The molecule has 0 aromatic heterocycles. The van der Waals surface area contributed by atoms with Crippen LogP contribution in [0.4, 0.5) is 0 Å². The van der Waals surface area contributed by atoms with E-state index in [9.17, 15) is 0 Å². The molecule has 26 heavy (non-hydrogen) atoms. The van der Waals surface area contributed by atoms with Crippen molar-refractivity contribution in [1.29, 1.82) is 0 Å². The number of rotatable bonds is 19. The molecule has 1 aliphatic rings. The molecule has 1 rings (SSSR count). The maximum atomic E-state index is 5.94. The minimum absolute atomic E-state index is 0.0808. The van der Waals surface area contributed by atoms with Crippen LogP contribution in [-0.4, -0.2) is 24.3 Å². The maximum absolute atomic E-state index is 5.94. The van der Waals surface area contributed by atoms with Gasteiger partial charge >= 0.3 is 0 Å². The number of hydrogen-bond donors (Lipinski definition) is 0. The fourth-order valence-electron chi connectivity index (χ4n) is 3.80. The summed E-state index contributed by atoms with van der Waals surface area (Å²) < 4.78 is 11.7. The molecule has 2 unspecified atom stereocenters. The Balaban J connectivity index is 1.72. The van der Waals surface area contributed by atoms with Crippen molar-refractivity contribution in [2.45, 2.75) is 135 Å². The van der Waals surface area contributed by atoms with E-state index in [-0.39, 0.29) is 6.29 Å². The minimum atomic E-state index is 0.0808. The van der Waals surface area contributed by atoms with E-state index in [0.717, 1.165) is 24.8 Å². The molecule has 156 valence electrons. The van der Waals surface area contributed by atoms with E-state index in [4.69, 9.17) is 9.47 Å². The van der Waals surface area contributed by atoms with Gasteiger partial charge < -0.3 is 9.47 Å². The number of ether oxygens (including phenoxy) is 2. The molecule has 2 atom stereocenters.